The molecule has 0 bridgehead atoms. The fourth-order valence-corrected chi connectivity index (χ4v) is 1.48. The summed E-state index contributed by atoms with van der Waals surface area (Å²) in [6, 6.07) is 8.50. The van der Waals surface area contributed by atoms with E-state index in [9.17, 15) is 14.4 Å². The lowest BCUT2D eigenvalue weighted by Gasteiger charge is -2.20. The minimum Gasteiger partial charge on any atom is -0.430 e. The molecule has 0 radical (unpaired) electrons. The quantitative estimate of drug-likeness (QED) is 0.424. The maximum Gasteiger partial charge on any atom is 0.509 e. The Morgan fingerprint density at radius 3 is 2.28 bits per heavy atom. The van der Waals surface area contributed by atoms with Crippen molar-refractivity contribution in [3.05, 3.63) is 59.9 Å². The van der Waals surface area contributed by atoms with Crippen LogP contribution in [-0.2, 0) is 19.0 Å². The molecule has 0 aliphatic rings. The molecule has 1 aromatic carbocycles. The van der Waals surface area contributed by atoms with Gasteiger partial charge in [-0.2, -0.15) is 0 Å². The Bertz CT molecular complexity index is 685. The summed E-state index contributed by atoms with van der Waals surface area (Å²) in [5, 5.41) is 0. The first-order valence-corrected chi connectivity index (χ1v) is 7.63. The summed E-state index contributed by atoms with van der Waals surface area (Å²) in [7, 11) is 0. The number of ether oxygens (including phenoxy) is 3. The van der Waals surface area contributed by atoms with E-state index >= 15 is 0 Å². The average molecular weight is 346 g/mol. The molecule has 0 unspecified atom stereocenters. The Kier molecular flexibility index (Phi) is 7.11. The fraction of sp³-hybridized carbons (Fsp3) is 0.316. The third-order valence-electron chi connectivity index (χ3n) is 3.44. The Hall–Kier alpha value is -2.89. The van der Waals surface area contributed by atoms with Crippen LogP contribution in [0, 0.1) is 0 Å². The molecule has 0 atom stereocenters. The number of carbonyl (C=O) groups is 3. The standard InChI is InChI=1S/C19H22O6/c1-13(11-12-23-18(22)25-19(4,5)15(3)20)14(2)24-17(21)16-9-7-6-8-10-16/h6-11H,2,12H2,1,3-5H3/b13-11+. The summed E-state index contributed by atoms with van der Waals surface area (Å²) >= 11 is 0. The van der Waals surface area contributed by atoms with Crippen LogP contribution in [0.5, 0.6) is 0 Å². The minimum absolute atomic E-state index is 0.111. The molecular weight excluding hydrogens is 324 g/mol. The molecule has 0 N–H and O–H groups in total. The third kappa shape index (κ3) is 6.63. The van der Waals surface area contributed by atoms with Crippen molar-refractivity contribution in [2.24, 2.45) is 0 Å². The van der Waals surface area contributed by atoms with Crippen molar-refractivity contribution < 1.29 is 28.6 Å². The topological polar surface area (TPSA) is 78.9 Å². The summed E-state index contributed by atoms with van der Waals surface area (Å²) in [6.45, 7) is 9.50. The SMILES string of the molecule is C=C(OC(=O)c1ccccc1)/C(C)=C/COC(=O)OC(C)(C)C(C)=O. The number of rotatable bonds is 7. The predicted octanol–water partition coefficient (Wildman–Crippen LogP) is 3.82. The van der Waals surface area contributed by atoms with E-state index in [1.807, 2.05) is 0 Å². The second-order valence-electron chi connectivity index (χ2n) is 5.80. The highest BCUT2D eigenvalue weighted by atomic mass is 16.7. The first-order valence-electron chi connectivity index (χ1n) is 7.63. The molecule has 0 aliphatic heterocycles. The van der Waals surface area contributed by atoms with Crippen LogP contribution in [0.15, 0.2) is 54.3 Å². The van der Waals surface area contributed by atoms with Gasteiger partial charge in [0.1, 0.15) is 12.4 Å². The third-order valence-corrected chi connectivity index (χ3v) is 3.44. The summed E-state index contributed by atoms with van der Waals surface area (Å²) < 4.78 is 14.9. The maximum atomic E-state index is 11.9. The number of Topliss-reactive ketones (excluding diaryl/α,β-unsaturated/α-hetero) is 1. The van der Waals surface area contributed by atoms with E-state index in [2.05, 4.69) is 6.58 Å². The van der Waals surface area contributed by atoms with Gasteiger partial charge in [0.25, 0.3) is 0 Å². The molecule has 0 fully saturated rings. The molecule has 0 spiro atoms. The van der Waals surface area contributed by atoms with E-state index in [1.54, 1.807) is 37.3 Å². The first-order chi connectivity index (χ1) is 11.6. The lowest BCUT2D eigenvalue weighted by molar-refractivity contribution is -0.134. The van der Waals surface area contributed by atoms with Crippen LogP contribution in [0.2, 0.25) is 0 Å². The lowest BCUT2D eigenvalue weighted by Crippen LogP contribution is -2.35. The van der Waals surface area contributed by atoms with Crippen molar-refractivity contribution in [3.63, 3.8) is 0 Å². The highest BCUT2D eigenvalue weighted by Gasteiger charge is 2.28. The summed E-state index contributed by atoms with van der Waals surface area (Å²) in [4.78, 5) is 34.7. The van der Waals surface area contributed by atoms with E-state index in [4.69, 9.17) is 14.2 Å². The van der Waals surface area contributed by atoms with E-state index in [1.165, 1.54) is 26.8 Å². The Labute approximate surface area is 147 Å². The molecule has 0 amide bonds. The Morgan fingerprint density at radius 1 is 1.12 bits per heavy atom. The zero-order chi connectivity index (χ0) is 19.0. The van der Waals surface area contributed by atoms with Crippen LogP contribution in [0.4, 0.5) is 4.79 Å². The zero-order valence-electron chi connectivity index (χ0n) is 14.8. The van der Waals surface area contributed by atoms with Crippen LogP contribution in [-0.4, -0.2) is 30.1 Å². The number of benzene rings is 1. The van der Waals surface area contributed by atoms with Crippen molar-refractivity contribution >= 4 is 17.9 Å². The largest absolute Gasteiger partial charge is 0.509 e. The molecule has 0 saturated carbocycles. The molecule has 0 heterocycles. The molecule has 134 valence electrons. The Balaban J connectivity index is 2.50. The Morgan fingerprint density at radius 2 is 1.72 bits per heavy atom. The molecule has 1 rings (SSSR count). The highest BCUT2D eigenvalue weighted by molar-refractivity contribution is 5.90. The summed E-state index contributed by atoms with van der Waals surface area (Å²) in [5.41, 5.74) is -0.310. The van der Waals surface area contributed by atoms with Gasteiger partial charge in [-0.25, -0.2) is 9.59 Å². The van der Waals surface area contributed by atoms with Crippen LogP contribution < -0.4 is 0 Å². The second-order valence-corrected chi connectivity index (χ2v) is 5.80. The van der Waals surface area contributed by atoms with Crippen LogP contribution in [0.25, 0.3) is 0 Å². The van der Waals surface area contributed by atoms with Crippen LogP contribution in [0.1, 0.15) is 38.1 Å². The summed E-state index contributed by atoms with van der Waals surface area (Å²) in [6.07, 6.45) is 0.555. The molecule has 0 aliphatic carbocycles. The van der Waals surface area contributed by atoms with Gasteiger partial charge in [-0.05, 0) is 51.5 Å². The first kappa shape index (κ1) is 20.2. The molecular formula is C19H22O6. The van der Waals surface area contributed by atoms with Gasteiger partial charge in [0.15, 0.2) is 11.4 Å². The van der Waals surface area contributed by atoms with Crippen LogP contribution in [0.3, 0.4) is 0 Å². The number of esters is 1. The van der Waals surface area contributed by atoms with Gasteiger partial charge in [-0.15, -0.1) is 0 Å². The monoisotopic (exact) mass is 346 g/mol. The van der Waals surface area contributed by atoms with Gasteiger partial charge in [0.2, 0.25) is 0 Å². The van der Waals surface area contributed by atoms with Crippen molar-refractivity contribution in [2.45, 2.75) is 33.3 Å². The van der Waals surface area contributed by atoms with Crippen molar-refractivity contribution in [3.8, 4) is 0 Å². The number of ketones is 1. The molecule has 0 aromatic heterocycles. The molecule has 6 heteroatoms. The summed E-state index contributed by atoms with van der Waals surface area (Å²) in [5.74, 6) is -0.672. The van der Waals surface area contributed by atoms with Crippen LogP contribution >= 0.6 is 0 Å². The zero-order valence-corrected chi connectivity index (χ0v) is 14.8. The number of hydrogen-bond acceptors (Lipinski definition) is 6. The van der Waals surface area contributed by atoms with Gasteiger partial charge in [0, 0.05) is 0 Å². The number of carbonyl (C=O) groups excluding carboxylic acids is 3. The van der Waals surface area contributed by atoms with E-state index < -0.39 is 17.7 Å². The molecule has 6 nitrogen and oxygen atoms in total. The molecule has 1 aromatic rings. The van der Waals surface area contributed by atoms with Gasteiger partial charge in [0.05, 0.1) is 5.56 Å². The van der Waals surface area contributed by atoms with Gasteiger partial charge >= 0.3 is 12.1 Å². The average Bonchev–Trinajstić information content (AvgIpc) is 2.54. The molecule has 0 saturated heterocycles. The van der Waals surface area contributed by atoms with Gasteiger partial charge < -0.3 is 14.2 Å². The molecule has 25 heavy (non-hydrogen) atoms. The van der Waals surface area contributed by atoms with E-state index in [0.29, 0.717) is 11.1 Å². The minimum atomic E-state index is -1.25. The normalized spacial score (nSPS) is 11.4. The fourth-order valence-electron chi connectivity index (χ4n) is 1.48. The number of hydrogen-bond donors (Lipinski definition) is 0. The second kappa shape index (κ2) is 8.82. The van der Waals surface area contributed by atoms with Gasteiger partial charge in [-0.3, -0.25) is 4.79 Å². The van der Waals surface area contributed by atoms with Gasteiger partial charge in [-0.1, -0.05) is 24.8 Å². The van der Waals surface area contributed by atoms with E-state index in [0.717, 1.165) is 0 Å². The van der Waals surface area contributed by atoms with Crippen molar-refractivity contribution in [1.29, 1.82) is 0 Å². The lowest BCUT2D eigenvalue weighted by atomic mass is 10.1. The number of allylic oxidation sites excluding steroid dienone is 1. The van der Waals surface area contributed by atoms with Crippen molar-refractivity contribution in [2.75, 3.05) is 6.61 Å². The van der Waals surface area contributed by atoms with Crippen molar-refractivity contribution in [1.82, 2.24) is 0 Å². The highest BCUT2D eigenvalue weighted by Crippen LogP contribution is 2.14. The van der Waals surface area contributed by atoms with E-state index in [-0.39, 0.29) is 18.1 Å². The smallest absolute Gasteiger partial charge is 0.430 e. The predicted molar refractivity (Wildman–Crippen MR) is 91.9 cm³/mol. The maximum absolute atomic E-state index is 11.9.